The number of aromatic nitrogens is 1. The van der Waals surface area contributed by atoms with E-state index in [-0.39, 0.29) is 10.4 Å². The molecule has 20 heavy (non-hydrogen) atoms. The largest absolute Gasteiger partial charge is 0.256 e. The van der Waals surface area contributed by atoms with Gasteiger partial charge in [-0.3, -0.25) is 4.98 Å². The molecule has 1 heterocycles. The molecule has 0 radical (unpaired) electrons. The van der Waals surface area contributed by atoms with Gasteiger partial charge in [0.1, 0.15) is 31.4 Å². The van der Waals surface area contributed by atoms with E-state index in [0.717, 1.165) is 0 Å². The number of nitrogens with zero attached hydrogens (tertiary/aromatic N) is 1. The van der Waals surface area contributed by atoms with E-state index < -0.39 is 0 Å². The van der Waals surface area contributed by atoms with Crippen molar-refractivity contribution in [3.05, 3.63) is 53.7 Å². The molecule has 0 saturated heterocycles. The minimum atomic E-state index is 0.199. The van der Waals surface area contributed by atoms with Crippen LogP contribution in [0.3, 0.4) is 0 Å². The predicted molar refractivity (Wildman–Crippen MR) is 96.4 cm³/mol. The maximum absolute atomic E-state index is 4.72. The Morgan fingerprint density at radius 2 is 1.50 bits per heavy atom. The highest BCUT2D eigenvalue weighted by Gasteiger charge is 2.38. The van der Waals surface area contributed by atoms with Crippen LogP contribution in [-0.2, 0) is 10.4 Å². The number of hydrogen-bond acceptors (Lipinski definition) is 1. The fraction of sp³-hybridized carbons (Fsp3) is 0.267. The average Bonchev–Trinajstić information content (AvgIpc) is 2.44. The lowest BCUT2D eigenvalue weighted by atomic mass is 9.37. The number of benzene rings is 1. The number of pyridine rings is 1. The zero-order valence-corrected chi connectivity index (χ0v) is 12.9. The molecule has 0 aliphatic heterocycles. The summed E-state index contributed by atoms with van der Waals surface area (Å²) in [6.07, 6.45) is 4.44. The SMILES string of the molecule is BC1(B)CCC(B)(B)c2c1ccnc2-c1ccccc1. The second-order valence-electron chi connectivity index (χ2n) is 7.22. The average molecular weight is 257 g/mol. The highest BCUT2D eigenvalue weighted by Crippen LogP contribution is 2.43. The lowest BCUT2D eigenvalue weighted by Crippen LogP contribution is -2.42. The molecule has 96 valence electrons. The maximum atomic E-state index is 4.72. The standard InChI is InChI=1S/C15H19B4N/c16-14(17)7-8-15(18,19)12-11(14)6-9-20-13(12)10-4-2-1-3-5-10/h1-6,9H,7-8,16-19H2. The first kappa shape index (κ1) is 13.6. The molecule has 1 nitrogen and oxygen atoms in total. The van der Waals surface area contributed by atoms with E-state index in [1.807, 2.05) is 6.20 Å². The highest BCUT2D eigenvalue weighted by molar-refractivity contribution is 6.44. The minimum Gasteiger partial charge on any atom is -0.256 e. The van der Waals surface area contributed by atoms with Crippen LogP contribution >= 0.6 is 0 Å². The van der Waals surface area contributed by atoms with E-state index in [9.17, 15) is 0 Å². The van der Waals surface area contributed by atoms with E-state index in [2.05, 4.69) is 67.8 Å². The van der Waals surface area contributed by atoms with Crippen LogP contribution in [0.15, 0.2) is 42.6 Å². The normalized spacial score (nSPS) is 19.2. The molecule has 0 saturated carbocycles. The van der Waals surface area contributed by atoms with Gasteiger partial charge in [-0.05, 0) is 11.6 Å². The van der Waals surface area contributed by atoms with Crippen LogP contribution in [0.4, 0.5) is 0 Å². The summed E-state index contributed by atoms with van der Waals surface area (Å²) in [4.78, 5) is 4.72. The van der Waals surface area contributed by atoms with Gasteiger partial charge in [-0.15, -0.1) is 0 Å². The summed E-state index contributed by atoms with van der Waals surface area (Å²) in [5, 5.41) is 0.446. The van der Waals surface area contributed by atoms with Gasteiger partial charge in [0.05, 0.1) is 5.69 Å². The first-order valence-electron chi connectivity index (χ1n) is 7.47. The van der Waals surface area contributed by atoms with Crippen molar-refractivity contribution in [2.75, 3.05) is 0 Å². The molecular formula is C15H19B4N. The van der Waals surface area contributed by atoms with E-state index in [1.54, 1.807) is 0 Å². The Labute approximate surface area is 125 Å². The van der Waals surface area contributed by atoms with Crippen LogP contribution in [0.5, 0.6) is 0 Å². The molecule has 0 N–H and O–H groups in total. The van der Waals surface area contributed by atoms with Gasteiger partial charge < -0.3 is 0 Å². The van der Waals surface area contributed by atoms with E-state index in [1.165, 1.54) is 35.2 Å². The number of hydrogen-bond donors (Lipinski definition) is 0. The van der Waals surface area contributed by atoms with Gasteiger partial charge in [0.15, 0.2) is 0 Å². The van der Waals surface area contributed by atoms with Crippen molar-refractivity contribution < 1.29 is 0 Å². The Hall–Kier alpha value is -1.37. The maximum Gasteiger partial charge on any atom is 0.105 e. The van der Waals surface area contributed by atoms with Crippen molar-refractivity contribution in [2.24, 2.45) is 0 Å². The lowest BCUT2D eigenvalue weighted by Gasteiger charge is -2.43. The molecule has 0 atom stereocenters. The molecule has 5 heteroatoms. The van der Waals surface area contributed by atoms with Gasteiger partial charge in [-0.1, -0.05) is 59.2 Å². The number of fused-ring (bicyclic) bond motifs is 1. The Morgan fingerprint density at radius 3 is 2.20 bits per heavy atom. The van der Waals surface area contributed by atoms with Crippen molar-refractivity contribution >= 4 is 31.4 Å². The minimum absolute atomic E-state index is 0.199. The predicted octanol–water partition coefficient (Wildman–Crippen LogP) is -0.620. The fourth-order valence-electron chi connectivity index (χ4n) is 3.41. The van der Waals surface area contributed by atoms with Crippen LogP contribution in [0.2, 0.25) is 0 Å². The number of rotatable bonds is 1. The molecule has 3 rings (SSSR count). The van der Waals surface area contributed by atoms with E-state index in [4.69, 9.17) is 4.98 Å². The third-order valence-corrected chi connectivity index (χ3v) is 4.78. The van der Waals surface area contributed by atoms with Crippen molar-refractivity contribution in [1.82, 2.24) is 4.98 Å². The topological polar surface area (TPSA) is 12.9 Å². The monoisotopic (exact) mass is 257 g/mol. The van der Waals surface area contributed by atoms with Crippen molar-refractivity contribution in [3.8, 4) is 11.3 Å². The van der Waals surface area contributed by atoms with Gasteiger partial charge in [-0.2, -0.15) is 0 Å². The first-order valence-corrected chi connectivity index (χ1v) is 7.47. The smallest absolute Gasteiger partial charge is 0.105 e. The van der Waals surface area contributed by atoms with Gasteiger partial charge in [0.25, 0.3) is 0 Å². The highest BCUT2D eigenvalue weighted by atomic mass is 14.7. The summed E-state index contributed by atoms with van der Waals surface area (Å²) < 4.78 is 0. The summed E-state index contributed by atoms with van der Waals surface area (Å²) in [6.45, 7) is 0. The van der Waals surface area contributed by atoms with Crippen LogP contribution in [0.1, 0.15) is 24.0 Å². The van der Waals surface area contributed by atoms with Crippen LogP contribution in [0.25, 0.3) is 11.3 Å². The summed E-state index contributed by atoms with van der Waals surface area (Å²) >= 11 is 0. The van der Waals surface area contributed by atoms with Crippen molar-refractivity contribution in [1.29, 1.82) is 0 Å². The van der Waals surface area contributed by atoms with E-state index >= 15 is 0 Å². The Balaban J connectivity index is 2.29. The summed E-state index contributed by atoms with van der Waals surface area (Å²) in [5.41, 5.74) is 5.32. The second-order valence-corrected chi connectivity index (χ2v) is 7.22. The Bertz CT molecular complexity index is 638. The zero-order chi connectivity index (χ0) is 14.4. The Kier molecular flexibility index (Phi) is 3.12. The fourth-order valence-corrected chi connectivity index (χ4v) is 3.41. The third-order valence-electron chi connectivity index (χ3n) is 4.78. The van der Waals surface area contributed by atoms with Gasteiger partial charge in [-0.25, -0.2) is 0 Å². The summed E-state index contributed by atoms with van der Waals surface area (Å²) in [6, 6.07) is 12.8. The van der Waals surface area contributed by atoms with Gasteiger partial charge >= 0.3 is 0 Å². The molecule has 0 spiro atoms. The molecule has 0 unspecified atom stereocenters. The van der Waals surface area contributed by atoms with Crippen LogP contribution in [0, 0.1) is 0 Å². The molecule has 0 fully saturated rings. The molecular weight excluding hydrogens is 237 g/mol. The summed E-state index contributed by atoms with van der Waals surface area (Å²) in [7, 11) is 9.43. The van der Waals surface area contributed by atoms with Crippen molar-refractivity contribution in [3.63, 3.8) is 0 Å². The molecule has 0 bridgehead atoms. The molecule has 0 amide bonds. The molecule has 1 aliphatic carbocycles. The molecule has 1 aliphatic rings. The zero-order valence-electron chi connectivity index (χ0n) is 12.9. The lowest BCUT2D eigenvalue weighted by molar-refractivity contribution is 0.573. The van der Waals surface area contributed by atoms with Gasteiger partial charge in [0.2, 0.25) is 0 Å². The molecule has 1 aromatic heterocycles. The third kappa shape index (κ3) is 2.13. The van der Waals surface area contributed by atoms with Crippen molar-refractivity contribution in [2.45, 2.75) is 23.3 Å². The first-order chi connectivity index (χ1) is 9.42. The summed E-state index contributed by atoms with van der Waals surface area (Å²) in [5.74, 6) is 0. The van der Waals surface area contributed by atoms with Gasteiger partial charge in [0, 0.05) is 11.8 Å². The molecule has 2 aromatic rings. The van der Waals surface area contributed by atoms with E-state index in [0.29, 0.717) is 0 Å². The van der Waals surface area contributed by atoms with Crippen LogP contribution < -0.4 is 0 Å². The molecule has 1 aromatic carbocycles. The van der Waals surface area contributed by atoms with Crippen LogP contribution in [-0.4, -0.2) is 36.4 Å². The second kappa shape index (κ2) is 4.58. The quantitative estimate of drug-likeness (QED) is 0.620. The Morgan fingerprint density at radius 1 is 0.850 bits per heavy atom.